The molecule has 5 aromatic rings. The molecule has 0 aliphatic carbocycles. The van der Waals surface area contributed by atoms with Crippen molar-refractivity contribution in [1.29, 1.82) is 0 Å². The predicted octanol–water partition coefficient (Wildman–Crippen LogP) is 7.85. The number of hydrogen-bond acceptors (Lipinski definition) is 4. The van der Waals surface area contributed by atoms with Crippen LogP contribution >= 0.6 is 22.7 Å². The van der Waals surface area contributed by atoms with Crippen molar-refractivity contribution in [3.05, 3.63) is 89.6 Å². The zero-order chi connectivity index (χ0) is 20.7. The summed E-state index contributed by atoms with van der Waals surface area (Å²) in [6, 6.07) is 20.8. The highest BCUT2D eigenvalue weighted by atomic mass is 32.1. The highest BCUT2D eigenvalue weighted by molar-refractivity contribution is 7.18. The van der Waals surface area contributed by atoms with E-state index >= 15 is 0 Å². The number of carbonyl (C=O) groups excluding carboxylic acids is 1. The lowest BCUT2D eigenvalue weighted by Gasteiger charge is -2.15. The first kappa shape index (κ1) is 18.8. The van der Waals surface area contributed by atoms with Crippen LogP contribution in [0.15, 0.2) is 84.1 Å². The molecule has 0 spiro atoms. The molecule has 0 N–H and O–H groups in total. The predicted molar refractivity (Wildman–Crippen MR) is 129 cm³/mol. The van der Waals surface area contributed by atoms with Crippen molar-refractivity contribution in [2.24, 2.45) is 0 Å². The van der Waals surface area contributed by atoms with Crippen LogP contribution in [0, 0.1) is 6.92 Å². The van der Waals surface area contributed by atoms with Gasteiger partial charge in [-0.3, -0.25) is 0 Å². The number of rotatable bonds is 4. The Balaban J connectivity index is 1.83. The van der Waals surface area contributed by atoms with Crippen molar-refractivity contribution in [3.63, 3.8) is 0 Å². The summed E-state index contributed by atoms with van der Waals surface area (Å²) in [6.45, 7) is 5.67. The smallest absolute Gasteiger partial charge is 0.335 e. The third-order valence-corrected chi connectivity index (χ3v) is 7.07. The molecule has 0 radical (unpaired) electrons. The first-order valence-electron chi connectivity index (χ1n) is 9.58. The first-order valence-corrected chi connectivity index (χ1v) is 11.3. The van der Waals surface area contributed by atoms with Gasteiger partial charge in [-0.05, 0) is 47.5 Å². The topological polar surface area (TPSA) is 26.3 Å². The van der Waals surface area contributed by atoms with E-state index in [2.05, 4.69) is 60.7 Å². The van der Waals surface area contributed by atoms with Crippen molar-refractivity contribution < 1.29 is 9.53 Å². The summed E-state index contributed by atoms with van der Waals surface area (Å²) in [5.41, 5.74) is 5.11. The van der Waals surface area contributed by atoms with Crippen LogP contribution < -0.4 is 4.74 Å². The van der Waals surface area contributed by atoms with E-state index in [-0.39, 0.29) is 0 Å². The second-order valence-corrected chi connectivity index (χ2v) is 8.93. The summed E-state index contributed by atoms with van der Waals surface area (Å²) in [6.07, 6.45) is 1.21. The summed E-state index contributed by atoms with van der Waals surface area (Å²) in [5.74, 6) is 0.123. The van der Waals surface area contributed by atoms with Gasteiger partial charge in [0, 0.05) is 48.5 Å². The van der Waals surface area contributed by atoms with E-state index in [0.717, 1.165) is 38.6 Å². The summed E-state index contributed by atoms with van der Waals surface area (Å²) < 4.78 is 8.29. The first-order chi connectivity index (χ1) is 14.7. The SMILES string of the molecule is C=CC(=O)Oc1c(-c2csc3ccccc23)cc(C)cc1-c1csc2ccccc12. The highest BCUT2D eigenvalue weighted by Crippen LogP contribution is 2.46. The molecule has 0 bridgehead atoms. The minimum Gasteiger partial charge on any atom is -0.422 e. The third-order valence-electron chi connectivity index (χ3n) is 5.14. The summed E-state index contributed by atoms with van der Waals surface area (Å²) in [7, 11) is 0. The Hall–Kier alpha value is -3.21. The molecule has 30 heavy (non-hydrogen) atoms. The summed E-state index contributed by atoms with van der Waals surface area (Å²) in [4.78, 5) is 12.3. The maximum Gasteiger partial charge on any atom is 0.335 e. The van der Waals surface area contributed by atoms with Crippen molar-refractivity contribution >= 4 is 48.8 Å². The standard InChI is InChI=1S/C26H18O2S2/c1-3-25(27)28-26-19(21-14-29-23-10-6-4-8-17(21)23)12-16(2)13-20(26)22-15-30-24-11-7-5-9-18(22)24/h3-15H,1H2,2H3. The lowest BCUT2D eigenvalue weighted by molar-refractivity contribution is -0.128. The second-order valence-electron chi connectivity index (χ2n) is 7.11. The van der Waals surface area contributed by atoms with Gasteiger partial charge in [-0.2, -0.15) is 0 Å². The molecule has 3 aromatic carbocycles. The Bertz CT molecular complexity index is 1330. The molecule has 2 heterocycles. The number of hydrogen-bond donors (Lipinski definition) is 0. The molecule has 0 unspecified atom stereocenters. The molecule has 0 saturated carbocycles. The van der Waals surface area contributed by atoms with Crippen molar-refractivity contribution in [1.82, 2.24) is 0 Å². The van der Waals surface area contributed by atoms with Crippen LogP contribution in [0.2, 0.25) is 0 Å². The Morgan fingerprint density at radius 1 is 0.833 bits per heavy atom. The highest BCUT2D eigenvalue weighted by Gasteiger charge is 2.21. The number of esters is 1. The molecule has 0 amide bonds. The number of carbonyl (C=O) groups is 1. The van der Waals surface area contributed by atoms with Crippen LogP contribution in [-0.2, 0) is 4.79 Å². The Morgan fingerprint density at radius 3 is 1.83 bits per heavy atom. The fraction of sp³-hybridized carbons (Fsp3) is 0.0385. The largest absolute Gasteiger partial charge is 0.422 e. The van der Waals surface area contributed by atoms with Crippen LogP contribution in [0.25, 0.3) is 42.4 Å². The normalized spacial score (nSPS) is 11.1. The molecule has 0 aliphatic heterocycles. The van der Waals surface area contributed by atoms with Gasteiger partial charge in [0.1, 0.15) is 5.75 Å². The van der Waals surface area contributed by atoms with E-state index in [9.17, 15) is 4.79 Å². The van der Waals surface area contributed by atoms with Gasteiger partial charge in [-0.25, -0.2) is 4.79 Å². The summed E-state index contributed by atoms with van der Waals surface area (Å²) >= 11 is 3.39. The van der Waals surface area contributed by atoms with Gasteiger partial charge in [0.25, 0.3) is 0 Å². The maximum absolute atomic E-state index is 12.3. The average molecular weight is 427 g/mol. The monoisotopic (exact) mass is 426 g/mol. The molecule has 146 valence electrons. The lowest BCUT2D eigenvalue weighted by atomic mass is 9.94. The van der Waals surface area contributed by atoms with E-state index in [1.165, 1.54) is 15.5 Å². The van der Waals surface area contributed by atoms with Gasteiger partial charge >= 0.3 is 5.97 Å². The molecule has 2 nitrogen and oxygen atoms in total. The molecule has 5 rings (SSSR count). The lowest BCUT2D eigenvalue weighted by Crippen LogP contribution is -2.06. The van der Waals surface area contributed by atoms with E-state index in [1.54, 1.807) is 22.7 Å². The molecular formula is C26H18O2S2. The van der Waals surface area contributed by atoms with Crippen LogP contribution in [0.4, 0.5) is 0 Å². The van der Waals surface area contributed by atoms with Gasteiger partial charge in [0.15, 0.2) is 0 Å². The molecule has 4 heteroatoms. The number of thiophene rings is 2. The minimum absolute atomic E-state index is 0.458. The van der Waals surface area contributed by atoms with E-state index in [4.69, 9.17) is 4.74 Å². The molecule has 2 aromatic heterocycles. The van der Waals surface area contributed by atoms with E-state index in [1.807, 2.05) is 24.3 Å². The Morgan fingerprint density at radius 2 is 1.33 bits per heavy atom. The van der Waals surface area contributed by atoms with E-state index in [0.29, 0.717) is 5.75 Å². The number of aryl methyl sites for hydroxylation is 1. The van der Waals surface area contributed by atoms with Gasteiger partial charge in [-0.15, -0.1) is 22.7 Å². The number of benzene rings is 3. The second kappa shape index (κ2) is 7.56. The van der Waals surface area contributed by atoms with Crippen LogP contribution in [0.3, 0.4) is 0 Å². The molecular weight excluding hydrogens is 408 g/mol. The Kier molecular flexibility index (Phi) is 4.74. The van der Waals surface area contributed by atoms with Gasteiger partial charge < -0.3 is 4.74 Å². The average Bonchev–Trinajstić information content (AvgIpc) is 3.39. The van der Waals surface area contributed by atoms with Crippen LogP contribution in [0.1, 0.15) is 5.56 Å². The van der Waals surface area contributed by atoms with Gasteiger partial charge in [-0.1, -0.05) is 43.0 Å². The van der Waals surface area contributed by atoms with Crippen LogP contribution in [-0.4, -0.2) is 5.97 Å². The zero-order valence-corrected chi connectivity index (χ0v) is 18.0. The summed E-state index contributed by atoms with van der Waals surface area (Å²) in [5, 5.41) is 6.59. The third kappa shape index (κ3) is 3.15. The molecule has 0 fully saturated rings. The van der Waals surface area contributed by atoms with Crippen LogP contribution in [0.5, 0.6) is 5.75 Å². The Labute approximate surface area is 182 Å². The fourth-order valence-corrected chi connectivity index (χ4v) is 5.72. The van der Waals surface area contributed by atoms with Gasteiger partial charge in [0.2, 0.25) is 0 Å². The molecule has 0 aliphatic rings. The number of ether oxygens (including phenoxy) is 1. The zero-order valence-electron chi connectivity index (χ0n) is 16.3. The number of fused-ring (bicyclic) bond motifs is 2. The van der Waals surface area contributed by atoms with Crippen molar-refractivity contribution in [2.75, 3.05) is 0 Å². The van der Waals surface area contributed by atoms with Crippen molar-refractivity contribution in [2.45, 2.75) is 6.92 Å². The fourth-order valence-electron chi connectivity index (χ4n) is 3.80. The maximum atomic E-state index is 12.3. The van der Waals surface area contributed by atoms with E-state index < -0.39 is 5.97 Å². The van der Waals surface area contributed by atoms with Gasteiger partial charge in [0.05, 0.1) is 0 Å². The minimum atomic E-state index is -0.458. The molecule has 0 atom stereocenters. The quantitative estimate of drug-likeness (QED) is 0.166. The molecule has 0 saturated heterocycles. The van der Waals surface area contributed by atoms with Crippen molar-refractivity contribution in [3.8, 4) is 28.0 Å².